The molecule has 0 saturated heterocycles. The number of phenolic OH excluding ortho intramolecular Hbond substituents is 1. The van der Waals surface area contributed by atoms with E-state index in [4.69, 9.17) is 5.11 Å². The molecule has 0 amide bonds. The van der Waals surface area contributed by atoms with Crippen LogP contribution in [-0.2, 0) is 6.42 Å². The summed E-state index contributed by atoms with van der Waals surface area (Å²) < 4.78 is 0. The number of hydrogen-bond acceptors (Lipinski definition) is 1. The van der Waals surface area contributed by atoms with E-state index in [1.165, 1.54) is 18.4 Å². The van der Waals surface area contributed by atoms with Crippen molar-refractivity contribution in [3.05, 3.63) is 29.8 Å². The summed E-state index contributed by atoms with van der Waals surface area (Å²) in [7, 11) is 0. The lowest BCUT2D eigenvalue weighted by atomic mass is 10.0. The summed E-state index contributed by atoms with van der Waals surface area (Å²) in [6.45, 7) is 19.4. The SMILES string of the molecule is CC.CC(C)CC(C)C.CCC.CCc1ccc(O)cc1. The van der Waals surface area contributed by atoms with Crippen LogP contribution in [0.1, 0.15) is 80.7 Å². The highest BCUT2D eigenvalue weighted by atomic mass is 16.3. The second-order valence-electron chi connectivity index (χ2n) is 5.75. The zero-order valence-corrected chi connectivity index (χ0v) is 16.0. The molecule has 0 radical (unpaired) electrons. The van der Waals surface area contributed by atoms with Gasteiger partial charge in [-0.1, -0.05) is 80.9 Å². The third-order valence-corrected chi connectivity index (χ3v) is 2.29. The van der Waals surface area contributed by atoms with Crippen LogP contribution in [0.5, 0.6) is 5.75 Å². The number of aryl methyl sites for hydroxylation is 1. The first-order chi connectivity index (χ1) is 9.87. The Morgan fingerprint density at radius 2 is 1.14 bits per heavy atom. The van der Waals surface area contributed by atoms with Crippen LogP contribution in [0.15, 0.2) is 24.3 Å². The highest BCUT2D eigenvalue weighted by molar-refractivity contribution is 5.25. The van der Waals surface area contributed by atoms with Gasteiger partial charge >= 0.3 is 0 Å². The van der Waals surface area contributed by atoms with Crippen molar-refractivity contribution in [3.63, 3.8) is 0 Å². The normalized spacial score (nSPS) is 8.90. The van der Waals surface area contributed by atoms with Crippen molar-refractivity contribution < 1.29 is 5.11 Å². The van der Waals surface area contributed by atoms with Crippen LogP contribution in [-0.4, -0.2) is 5.11 Å². The Hall–Kier alpha value is -0.980. The quantitative estimate of drug-likeness (QED) is 0.631. The second kappa shape index (κ2) is 19.0. The van der Waals surface area contributed by atoms with E-state index in [1.807, 2.05) is 26.0 Å². The van der Waals surface area contributed by atoms with E-state index in [-0.39, 0.29) is 0 Å². The Balaban J connectivity index is -0.000000242. The lowest BCUT2D eigenvalue weighted by Gasteiger charge is -2.05. The van der Waals surface area contributed by atoms with Crippen molar-refractivity contribution in [1.29, 1.82) is 0 Å². The highest BCUT2D eigenvalue weighted by Gasteiger charge is 1.95. The van der Waals surface area contributed by atoms with Gasteiger partial charge in [0, 0.05) is 0 Å². The third-order valence-electron chi connectivity index (χ3n) is 2.29. The molecule has 126 valence electrons. The fraction of sp³-hybridized carbons (Fsp3) is 0.700. The van der Waals surface area contributed by atoms with Crippen LogP contribution >= 0.6 is 0 Å². The Morgan fingerprint density at radius 1 is 0.810 bits per heavy atom. The summed E-state index contributed by atoms with van der Waals surface area (Å²) in [6.07, 6.45) is 3.64. The number of hydrogen-bond donors (Lipinski definition) is 1. The smallest absolute Gasteiger partial charge is 0.115 e. The van der Waals surface area contributed by atoms with E-state index in [1.54, 1.807) is 12.1 Å². The van der Waals surface area contributed by atoms with Gasteiger partial charge in [0.25, 0.3) is 0 Å². The molecule has 0 saturated carbocycles. The molecule has 0 aliphatic rings. The minimum atomic E-state index is 0.340. The van der Waals surface area contributed by atoms with E-state index in [2.05, 4.69) is 48.5 Å². The molecule has 0 spiro atoms. The molecule has 0 aliphatic carbocycles. The molecule has 1 nitrogen and oxygen atoms in total. The van der Waals surface area contributed by atoms with Crippen LogP contribution in [0.2, 0.25) is 0 Å². The van der Waals surface area contributed by atoms with Crippen molar-refractivity contribution in [3.8, 4) is 5.75 Å². The molecule has 0 unspecified atom stereocenters. The number of phenols is 1. The van der Waals surface area contributed by atoms with Crippen molar-refractivity contribution in [2.45, 2.75) is 81.6 Å². The summed E-state index contributed by atoms with van der Waals surface area (Å²) in [6, 6.07) is 7.27. The molecule has 1 aromatic rings. The van der Waals surface area contributed by atoms with Gasteiger partial charge in [-0.15, -0.1) is 0 Å². The molecular formula is C20H40O. The van der Waals surface area contributed by atoms with E-state index >= 15 is 0 Å². The average molecular weight is 297 g/mol. The molecule has 1 rings (SSSR count). The van der Waals surface area contributed by atoms with Gasteiger partial charge in [-0.2, -0.15) is 0 Å². The molecular weight excluding hydrogens is 256 g/mol. The Morgan fingerprint density at radius 3 is 1.33 bits per heavy atom. The fourth-order valence-electron chi connectivity index (χ4n) is 1.67. The molecule has 1 aromatic carbocycles. The number of aromatic hydroxyl groups is 1. The molecule has 21 heavy (non-hydrogen) atoms. The summed E-state index contributed by atoms with van der Waals surface area (Å²) >= 11 is 0. The van der Waals surface area contributed by atoms with Gasteiger partial charge in [0.05, 0.1) is 0 Å². The van der Waals surface area contributed by atoms with Crippen LogP contribution in [0.25, 0.3) is 0 Å². The summed E-state index contributed by atoms with van der Waals surface area (Å²) in [5.74, 6) is 2.09. The lowest BCUT2D eigenvalue weighted by molar-refractivity contribution is 0.469. The van der Waals surface area contributed by atoms with Gasteiger partial charge in [-0.3, -0.25) is 0 Å². The van der Waals surface area contributed by atoms with Gasteiger partial charge in [0.15, 0.2) is 0 Å². The van der Waals surface area contributed by atoms with E-state index in [9.17, 15) is 0 Å². The summed E-state index contributed by atoms with van der Waals surface area (Å²) in [4.78, 5) is 0. The molecule has 0 bridgehead atoms. The number of rotatable bonds is 3. The summed E-state index contributed by atoms with van der Waals surface area (Å²) in [5.41, 5.74) is 1.26. The monoisotopic (exact) mass is 296 g/mol. The predicted molar refractivity (Wildman–Crippen MR) is 99.1 cm³/mol. The van der Waals surface area contributed by atoms with E-state index in [0.717, 1.165) is 18.3 Å². The molecule has 0 aromatic heterocycles. The zero-order valence-electron chi connectivity index (χ0n) is 16.0. The minimum absolute atomic E-state index is 0.340. The lowest BCUT2D eigenvalue weighted by Crippen LogP contribution is -1.93. The van der Waals surface area contributed by atoms with Crippen LogP contribution in [0, 0.1) is 11.8 Å². The third kappa shape index (κ3) is 24.4. The topological polar surface area (TPSA) is 20.2 Å². The fourth-order valence-corrected chi connectivity index (χ4v) is 1.67. The Labute approximate surface area is 134 Å². The van der Waals surface area contributed by atoms with E-state index < -0.39 is 0 Å². The predicted octanol–water partition coefficient (Wildman–Crippen LogP) is 7.09. The van der Waals surface area contributed by atoms with Crippen molar-refractivity contribution in [2.75, 3.05) is 0 Å². The maximum absolute atomic E-state index is 8.85. The maximum atomic E-state index is 8.85. The number of benzene rings is 1. The average Bonchev–Trinajstić information content (AvgIpc) is 2.42. The standard InChI is InChI=1S/C8H10O.C7H16.C3H8.C2H6/c1-2-7-3-5-8(9)6-4-7;1-6(2)5-7(3)4;1-3-2;1-2/h3-6,9H,2H2,1H3;6-7H,5H2,1-4H3;3H2,1-2H3;1-2H3. The van der Waals surface area contributed by atoms with Crippen molar-refractivity contribution >= 4 is 0 Å². The molecule has 0 fully saturated rings. The van der Waals surface area contributed by atoms with Gasteiger partial charge in [0.2, 0.25) is 0 Å². The first kappa shape index (κ1) is 25.0. The molecule has 0 atom stereocenters. The van der Waals surface area contributed by atoms with Gasteiger partial charge in [-0.05, 0) is 42.4 Å². The Bertz CT molecular complexity index is 266. The minimum Gasteiger partial charge on any atom is -0.508 e. The zero-order chi connectivity index (χ0) is 17.3. The van der Waals surface area contributed by atoms with Gasteiger partial charge in [0.1, 0.15) is 5.75 Å². The molecule has 0 heterocycles. The van der Waals surface area contributed by atoms with E-state index in [0.29, 0.717) is 5.75 Å². The van der Waals surface area contributed by atoms with Crippen LogP contribution < -0.4 is 0 Å². The first-order valence-electron chi connectivity index (χ1n) is 8.65. The molecule has 1 heteroatoms. The summed E-state index contributed by atoms with van der Waals surface area (Å²) in [5, 5.41) is 8.85. The van der Waals surface area contributed by atoms with Crippen molar-refractivity contribution in [1.82, 2.24) is 0 Å². The van der Waals surface area contributed by atoms with Gasteiger partial charge in [-0.25, -0.2) is 0 Å². The Kier molecular flexibility index (Phi) is 22.6. The molecule has 1 N–H and O–H groups in total. The van der Waals surface area contributed by atoms with Crippen molar-refractivity contribution in [2.24, 2.45) is 11.8 Å². The molecule has 0 aliphatic heterocycles. The second-order valence-corrected chi connectivity index (χ2v) is 5.75. The maximum Gasteiger partial charge on any atom is 0.115 e. The van der Waals surface area contributed by atoms with Gasteiger partial charge < -0.3 is 5.11 Å². The van der Waals surface area contributed by atoms with Crippen LogP contribution in [0.3, 0.4) is 0 Å². The highest BCUT2D eigenvalue weighted by Crippen LogP contribution is 2.09. The first-order valence-corrected chi connectivity index (χ1v) is 8.65. The largest absolute Gasteiger partial charge is 0.508 e. The van der Waals surface area contributed by atoms with Crippen LogP contribution in [0.4, 0.5) is 0 Å².